The Morgan fingerprint density at radius 2 is 1.69 bits per heavy atom. The SMILES string of the molecule is CS(=O)(=O)c1ccc([C@@]2(O)CCN(C(=O)c3ccccc3)[C@H]3CCCC[C@@H]32)cc1. The molecule has 2 aromatic rings. The van der Waals surface area contributed by atoms with Crippen LogP contribution in [0.5, 0.6) is 0 Å². The molecule has 4 rings (SSSR count). The molecular weight excluding hydrogens is 386 g/mol. The summed E-state index contributed by atoms with van der Waals surface area (Å²) in [5, 5.41) is 11.7. The van der Waals surface area contributed by atoms with Gasteiger partial charge in [-0.25, -0.2) is 8.42 Å². The van der Waals surface area contributed by atoms with Gasteiger partial charge in [0, 0.05) is 30.3 Å². The van der Waals surface area contributed by atoms with Gasteiger partial charge in [-0.2, -0.15) is 0 Å². The quantitative estimate of drug-likeness (QED) is 0.837. The number of benzene rings is 2. The van der Waals surface area contributed by atoms with Crippen LogP contribution in [0.3, 0.4) is 0 Å². The number of amides is 1. The number of carbonyl (C=O) groups is 1. The second-order valence-electron chi connectivity index (χ2n) is 8.29. The maximum Gasteiger partial charge on any atom is 0.254 e. The van der Waals surface area contributed by atoms with Crippen molar-refractivity contribution in [1.82, 2.24) is 4.90 Å². The van der Waals surface area contributed by atoms with Crippen molar-refractivity contribution in [2.24, 2.45) is 5.92 Å². The predicted octanol–water partition coefficient (Wildman–Crippen LogP) is 3.38. The summed E-state index contributed by atoms with van der Waals surface area (Å²) in [5.74, 6) is -0.0290. The smallest absolute Gasteiger partial charge is 0.254 e. The van der Waals surface area contributed by atoms with Gasteiger partial charge in [-0.3, -0.25) is 4.79 Å². The number of sulfone groups is 1. The average molecular weight is 414 g/mol. The summed E-state index contributed by atoms with van der Waals surface area (Å²) in [7, 11) is -3.28. The highest BCUT2D eigenvalue weighted by atomic mass is 32.2. The first-order valence-electron chi connectivity index (χ1n) is 10.2. The van der Waals surface area contributed by atoms with Crippen molar-refractivity contribution in [1.29, 1.82) is 0 Å². The summed E-state index contributed by atoms with van der Waals surface area (Å²) in [5.41, 5.74) is 0.377. The van der Waals surface area contributed by atoms with Gasteiger partial charge in [-0.05, 0) is 49.1 Å². The number of piperidine rings is 1. The van der Waals surface area contributed by atoms with Gasteiger partial charge in [0.25, 0.3) is 5.91 Å². The third-order valence-corrected chi connectivity index (χ3v) is 7.67. The van der Waals surface area contributed by atoms with E-state index in [-0.39, 0.29) is 22.8 Å². The molecule has 3 atom stereocenters. The van der Waals surface area contributed by atoms with Crippen LogP contribution >= 0.6 is 0 Å². The molecule has 154 valence electrons. The van der Waals surface area contributed by atoms with Crippen LogP contribution in [0.15, 0.2) is 59.5 Å². The van der Waals surface area contributed by atoms with E-state index in [1.807, 2.05) is 35.2 Å². The van der Waals surface area contributed by atoms with Crippen molar-refractivity contribution in [3.05, 3.63) is 65.7 Å². The first-order chi connectivity index (χ1) is 13.8. The topological polar surface area (TPSA) is 74.7 Å². The molecule has 1 N–H and O–H groups in total. The summed E-state index contributed by atoms with van der Waals surface area (Å²) in [4.78, 5) is 15.3. The lowest BCUT2D eigenvalue weighted by atomic mass is 9.66. The molecule has 2 aromatic carbocycles. The molecule has 29 heavy (non-hydrogen) atoms. The van der Waals surface area contributed by atoms with E-state index in [4.69, 9.17) is 0 Å². The van der Waals surface area contributed by atoms with E-state index in [2.05, 4.69) is 0 Å². The number of fused-ring (bicyclic) bond motifs is 1. The molecule has 0 spiro atoms. The number of aliphatic hydroxyl groups is 1. The van der Waals surface area contributed by atoms with Gasteiger partial charge in [0.1, 0.15) is 0 Å². The molecule has 1 aliphatic carbocycles. The van der Waals surface area contributed by atoms with Gasteiger partial charge >= 0.3 is 0 Å². The van der Waals surface area contributed by atoms with Crippen molar-refractivity contribution in [3.8, 4) is 0 Å². The van der Waals surface area contributed by atoms with Crippen molar-refractivity contribution >= 4 is 15.7 Å². The van der Waals surface area contributed by atoms with Gasteiger partial charge < -0.3 is 10.0 Å². The van der Waals surface area contributed by atoms with E-state index in [9.17, 15) is 18.3 Å². The monoisotopic (exact) mass is 413 g/mol. The lowest BCUT2D eigenvalue weighted by Gasteiger charge is -2.52. The normalized spacial score (nSPS) is 27.3. The second-order valence-corrected chi connectivity index (χ2v) is 10.3. The number of hydrogen-bond donors (Lipinski definition) is 1. The van der Waals surface area contributed by atoms with Crippen molar-refractivity contribution in [3.63, 3.8) is 0 Å². The van der Waals surface area contributed by atoms with Crippen LogP contribution in [-0.2, 0) is 15.4 Å². The van der Waals surface area contributed by atoms with E-state index in [0.717, 1.165) is 31.2 Å². The molecule has 6 heteroatoms. The Hall–Kier alpha value is -2.18. The summed E-state index contributed by atoms with van der Waals surface area (Å²) in [6.07, 6.45) is 5.44. The number of carbonyl (C=O) groups excluding carboxylic acids is 1. The fourth-order valence-electron chi connectivity index (χ4n) is 5.03. The highest BCUT2D eigenvalue weighted by Gasteiger charge is 2.50. The third-order valence-electron chi connectivity index (χ3n) is 6.54. The Balaban J connectivity index is 1.65. The minimum absolute atomic E-state index is 0.00945. The van der Waals surface area contributed by atoms with Gasteiger partial charge in [-0.1, -0.05) is 43.2 Å². The lowest BCUT2D eigenvalue weighted by molar-refractivity contribution is -0.110. The number of hydrogen-bond acceptors (Lipinski definition) is 4. The Bertz CT molecular complexity index is 987. The standard InChI is InChI=1S/C23H27NO4S/c1-29(27,28)19-13-11-18(12-14-19)23(26)15-16-24(21-10-6-5-9-20(21)23)22(25)17-7-3-2-4-8-17/h2-4,7-8,11-14,20-21,26H,5-6,9-10,15-16H2,1H3/t20-,21-,23-/m0/s1. The van der Waals surface area contributed by atoms with Crippen LogP contribution in [0.2, 0.25) is 0 Å². The highest BCUT2D eigenvalue weighted by Crippen LogP contribution is 2.47. The minimum Gasteiger partial charge on any atom is -0.385 e. The summed E-state index contributed by atoms with van der Waals surface area (Å²) >= 11 is 0. The lowest BCUT2D eigenvalue weighted by Crippen LogP contribution is -2.59. The molecule has 1 aliphatic heterocycles. The van der Waals surface area contributed by atoms with Gasteiger partial charge in [0.15, 0.2) is 9.84 Å². The largest absolute Gasteiger partial charge is 0.385 e. The molecule has 0 unspecified atom stereocenters. The van der Waals surface area contributed by atoms with Crippen LogP contribution in [-0.4, -0.2) is 43.2 Å². The first kappa shape index (κ1) is 20.1. The van der Waals surface area contributed by atoms with E-state index in [0.29, 0.717) is 18.5 Å². The van der Waals surface area contributed by atoms with Crippen molar-refractivity contribution in [2.45, 2.75) is 48.6 Å². The molecule has 1 saturated heterocycles. The third kappa shape index (κ3) is 3.71. The molecule has 1 heterocycles. The zero-order chi connectivity index (χ0) is 20.6. The first-order valence-corrected chi connectivity index (χ1v) is 12.1. The van der Waals surface area contributed by atoms with E-state index >= 15 is 0 Å². The molecule has 2 fully saturated rings. The van der Waals surface area contributed by atoms with Crippen LogP contribution < -0.4 is 0 Å². The molecule has 1 saturated carbocycles. The molecule has 5 nitrogen and oxygen atoms in total. The van der Waals surface area contributed by atoms with Gasteiger partial charge in [0.05, 0.1) is 10.5 Å². The maximum atomic E-state index is 13.1. The Morgan fingerprint density at radius 1 is 1.03 bits per heavy atom. The summed E-state index contributed by atoms with van der Waals surface area (Å²) in [6, 6.07) is 15.9. The molecule has 0 aromatic heterocycles. The Kier molecular flexibility index (Phi) is 5.25. The van der Waals surface area contributed by atoms with Crippen molar-refractivity contribution in [2.75, 3.05) is 12.8 Å². The van der Waals surface area contributed by atoms with Gasteiger partial charge in [0.2, 0.25) is 0 Å². The molecule has 1 amide bonds. The van der Waals surface area contributed by atoms with E-state index in [1.165, 1.54) is 6.26 Å². The van der Waals surface area contributed by atoms with Crippen LogP contribution in [0.4, 0.5) is 0 Å². The van der Waals surface area contributed by atoms with Crippen LogP contribution in [0, 0.1) is 5.92 Å². The second kappa shape index (κ2) is 7.58. The molecule has 0 bridgehead atoms. The molecule has 2 aliphatic rings. The van der Waals surface area contributed by atoms with Crippen LogP contribution in [0.25, 0.3) is 0 Å². The summed E-state index contributed by atoms with van der Waals surface area (Å²) < 4.78 is 23.5. The zero-order valence-electron chi connectivity index (χ0n) is 16.6. The maximum absolute atomic E-state index is 13.1. The van der Waals surface area contributed by atoms with Crippen molar-refractivity contribution < 1.29 is 18.3 Å². The average Bonchev–Trinajstić information content (AvgIpc) is 2.74. The number of nitrogens with zero attached hydrogens (tertiary/aromatic N) is 1. The number of rotatable bonds is 3. The summed E-state index contributed by atoms with van der Waals surface area (Å²) in [6.45, 7) is 0.485. The zero-order valence-corrected chi connectivity index (χ0v) is 17.4. The van der Waals surface area contributed by atoms with Crippen LogP contribution in [0.1, 0.15) is 48.0 Å². The number of likely N-dealkylation sites (tertiary alicyclic amines) is 1. The Labute approximate surface area is 172 Å². The Morgan fingerprint density at radius 3 is 2.34 bits per heavy atom. The minimum atomic E-state index is -3.28. The predicted molar refractivity (Wildman–Crippen MR) is 111 cm³/mol. The molecular formula is C23H27NO4S. The fourth-order valence-corrected chi connectivity index (χ4v) is 5.66. The van der Waals surface area contributed by atoms with E-state index < -0.39 is 15.4 Å². The molecule has 0 radical (unpaired) electrons. The highest BCUT2D eigenvalue weighted by molar-refractivity contribution is 7.90. The van der Waals surface area contributed by atoms with E-state index in [1.54, 1.807) is 24.3 Å². The van der Waals surface area contributed by atoms with Gasteiger partial charge in [-0.15, -0.1) is 0 Å². The fraction of sp³-hybridized carbons (Fsp3) is 0.435.